The number of rotatable bonds is 2. The summed E-state index contributed by atoms with van der Waals surface area (Å²) in [6, 6.07) is 15.2. The molecule has 3 rings (SSSR count). The van der Waals surface area contributed by atoms with Gasteiger partial charge in [0.2, 0.25) is 0 Å². The lowest BCUT2D eigenvalue weighted by Gasteiger charge is -2.02. The van der Waals surface area contributed by atoms with Gasteiger partial charge >= 0.3 is 0 Å². The summed E-state index contributed by atoms with van der Waals surface area (Å²) < 4.78 is 1.12. The van der Waals surface area contributed by atoms with Crippen LogP contribution in [0.3, 0.4) is 0 Å². The molecule has 0 amide bonds. The lowest BCUT2D eigenvalue weighted by Crippen LogP contribution is -2.08. The maximum Gasteiger partial charge on any atom is 0.133 e. The number of thiophene rings is 1. The number of phenols is 1. The van der Waals surface area contributed by atoms with Gasteiger partial charge in [0.25, 0.3) is 0 Å². The maximum atomic E-state index is 9.30. The smallest absolute Gasteiger partial charge is 0.133 e. The summed E-state index contributed by atoms with van der Waals surface area (Å²) in [5.41, 5.74) is 7.64. The van der Waals surface area contributed by atoms with E-state index in [0.717, 1.165) is 26.1 Å². The molecule has 0 bridgehead atoms. The van der Waals surface area contributed by atoms with E-state index in [0.29, 0.717) is 0 Å². The Morgan fingerprint density at radius 3 is 2.37 bits per heavy atom. The summed E-state index contributed by atoms with van der Waals surface area (Å²) in [5.74, 6) is 0.367. The molecule has 94 valence electrons. The molecule has 3 nitrogen and oxygen atoms in total. The summed E-state index contributed by atoms with van der Waals surface area (Å²) in [6.45, 7) is 0. The molecule has 19 heavy (non-hydrogen) atoms. The third-order valence-electron chi connectivity index (χ3n) is 2.98. The Morgan fingerprint density at radius 1 is 1.00 bits per heavy atom. The molecule has 0 atom stereocenters. The first-order valence-electron chi connectivity index (χ1n) is 5.81. The Balaban J connectivity index is 2.10. The monoisotopic (exact) mass is 268 g/mol. The van der Waals surface area contributed by atoms with Crippen LogP contribution in [0, 0.1) is 5.41 Å². The first kappa shape index (κ1) is 11.7. The molecule has 0 aliphatic rings. The zero-order valence-electron chi connectivity index (χ0n) is 10.1. The average Bonchev–Trinajstić information content (AvgIpc) is 2.82. The summed E-state index contributed by atoms with van der Waals surface area (Å²) >= 11 is 1.52. The van der Waals surface area contributed by atoms with Gasteiger partial charge in [0.15, 0.2) is 0 Å². The summed E-state index contributed by atoms with van der Waals surface area (Å²) in [4.78, 5) is 0.790. The van der Waals surface area contributed by atoms with E-state index in [-0.39, 0.29) is 11.6 Å². The minimum Gasteiger partial charge on any atom is -0.508 e. The number of benzene rings is 2. The van der Waals surface area contributed by atoms with Crippen molar-refractivity contribution in [2.45, 2.75) is 0 Å². The van der Waals surface area contributed by atoms with Crippen LogP contribution in [0.25, 0.3) is 21.2 Å². The molecule has 0 aliphatic heterocycles. The largest absolute Gasteiger partial charge is 0.508 e. The summed E-state index contributed by atoms with van der Waals surface area (Å²) in [7, 11) is 0. The van der Waals surface area contributed by atoms with E-state index in [1.807, 2.05) is 30.3 Å². The predicted octanol–water partition coefficient (Wildman–Crippen LogP) is 3.56. The van der Waals surface area contributed by atoms with E-state index in [4.69, 9.17) is 11.1 Å². The standard InChI is InChI=1S/C15H12N2OS/c16-15(17)14-8-11-7-10(3-6-13(11)19-14)9-1-4-12(18)5-2-9/h1-8,18H,(H3,16,17). The summed E-state index contributed by atoms with van der Waals surface area (Å²) in [6.07, 6.45) is 0. The van der Waals surface area contributed by atoms with Crippen LogP contribution in [0.15, 0.2) is 48.5 Å². The van der Waals surface area contributed by atoms with E-state index < -0.39 is 0 Å². The van der Waals surface area contributed by atoms with Crippen LogP contribution in [-0.4, -0.2) is 10.9 Å². The first-order chi connectivity index (χ1) is 9.13. The third kappa shape index (κ3) is 2.18. The van der Waals surface area contributed by atoms with Crippen molar-refractivity contribution in [2.75, 3.05) is 0 Å². The van der Waals surface area contributed by atoms with Gasteiger partial charge in [-0.15, -0.1) is 11.3 Å². The molecule has 4 N–H and O–H groups in total. The van der Waals surface area contributed by atoms with Crippen molar-refractivity contribution in [2.24, 2.45) is 5.73 Å². The second-order valence-electron chi connectivity index (χ2n) is 4.32. The van der Waals surface area contributed by atoms with Gasteiger partial charge in [-0.25, -0.2) is 0 Å². The molecule has 0 spiro atoms. The van der Waals surface area contributed by atoms with Gasteiger partial charge in [-0.3, -0.25) is 5.41 Å². The van der Waals surface area contributed by atoms with E-state index in [1.165, 1.54) is 11.3 Å². The molecule has 0 saturated carbocycles. The zero-order valence-corrected chi connectivity index (χ0v) is 10.9. The number of nitrogen functional groups attached to an aromatic ring is 1. The van der Waals surface area contributed by atoms with E-state index in [1.54, 1.807) is 12.1 Å². The number of phenolic OH excluding ortho intramolecular Hbond substituents is 1. The Morgan fingerprint density at radius 2 is 1.68 bits per heavy atom. The fraction of sp³-hybridized carbons (Fsp3) is 0. The molecule has 0 unspecified atom stereocenters. The van der Waals surface area contributed by atoms with Crippen molar-refractivity contribution in [3.63, 3.8) is 0 Å². The van der Waals surface area contributed by atoms with Gasteiger partial charge in [0, 0.05) is 4.70 Å². The molecule has 0 aliphatic carbocycles. The molecule has 0 radical (unpaired) electrons. The van der Waals surface area contributed by atoms with Crippen molar-refractivity contribution in [1.29, 1.82) is 5.41 Å². The second kappa shape index (κ2) is 4.40. The average molecular weight is 268 g/mol. The molecular weight excluding hydrogens is 256 g/mol. The van der Waals surface area contributed by atoms with Crippen molar-refractivity contribution >= 4 is 27.3 Å². The number of hydrogen-bond acceptors (Lipinski definition) is 3. The van der Waals surface area contributed by atoms with Crippen LogP contribution in [0.1, 0.15) is 4.88 Å². The first-order valence-corrected chi connectivity index (χ1v) is 6.62. The highest BCUT2D eigenvalue weighted by atomic mass is 32.1. The van der Waals surface area contributed by atoms with Crippen molar-refractivity contribution in [3.8, 4) is 16.9 Å². The molecule has 3 aromatic rings. The van der Waals surface area contributed by atoms with Gasteiger partial charge in [-0.2, -0.15) is 0 Å². The SMILES string of the molecule is N=C(N)c1cc2cc(-c3ccc(O)cc3)ccc2s1. The van der Waals surface area contributed by atoms with E-state index in [9.17, 15) is 5.11 Å². The van der Waals surface area contributed by atoms with Crippen LogP contribution in [0.2, 0.25) is 0 Å². The van der Waals surface area contributed by atoms with Crippen LogP contribution in [-0.2, 0) is 0 Å². The topological polar surface area (TPSA) is 70.1 Å². The van der Waals surface area contributed by atoms with Gasteiger partial charge in [0.1, 0.15) is 11.6 Å². The number of nitrogens with two attached hydrogens (primary N) is 1. The molecule has 2 aromatic carbocycles. The predicted molar refractivity (Wildman–Crippen MR) is 79.9 cm³/mol. The van der Waals surface area contributed by atoms with E-state index in [2.05, 4.69) is 6.07 Å². The Kier molecular flexibility index (Phi) is 2.72. The second-order valence-corrected chi connectivity index (χ2v) is 5.41. The molecule has 4 heteroatoms. The Hall–Kier alpha value is -2.33. The molecule has 1 aromatic heterocycles. The van der Waals surface area contributed by atoms with E-state index >= 15 is 0 Å². The minimum atomic E-state index is 0.104. The lowest BCUT2D eigenvalue weighted by molar-refractivity contribution is 0.475. The number of hydrogen-bond donors (Lipinski definition) is 3. The number of fused-ring (bicyclic) bond motifs is 1. The fourth-order valence-corrected chi connectivity index (χ4v) is 2.91. The van der Waals surface area contributed by atoms with Crippen LogP contribution >= 0.6 is 11.3 Å². The Labute approximate surface area is 114 Å². The quantitative estimate of drug-likeness (QED) is 0.491. The van der Waals surface area contributed by atoms with Crippen molar-refractivity contribution in [3.05, 3.63) is 53.4 Å². The minimum absolute atomic E-state index is 0.104. The van der Waals surface area contributed by atoms with Crippen molar-refractivity contribution in [1.82, 2.24) is 0 Å². The number of aromatic hydroxyl groups is 1. The van der Waals surface area contributed by atoms with Gasteiger partial charge in [0.05, 0.1) is 4.88 Å². The number of amidine groups is 1. The van der Waals surface area contributed by atoms with Crippen LogP contribution in [0.4, 0.5) is 0 Å². The lowest BCUT2D eigenvalue weighted by atomic mass is 10.0. The maximum absolute atomic E-state index is 9.30. The molecule has 0 saturated heterocycles. The van der Waals surface area contributed by atoms with Crippen LogP contribution < -0.4 is 5.73 Å². The number of nitrogens with one attached hydrogen (secondary N) is 1. The highest BCUT2D eigenvalue weighted by molar-refractivity contribution is 7.20. The third-order valence-corrected chi connectivity index (χ3v) is 4.13. The molecule has 1 heterocycles. The van der Waals surface area contributed by atoms with Gasteiger partial charge < -0.3 is 10.8 Å². The highest BCUT2D eigenvalue weighted by Crippen LogP contribution is 2.30. The normalized spacial score (nSPS) is 10.7. The Bertz CT molecular complexity index is 759. The highest BCUT2D eigenvalue weighted by Gasteiger charge is 2.06. The van der Waals surface area contributed by atoms with Gasteiger partial charge in [-0.1, -0.05) is 18.2 Å². The van der Waals surface area contributed by atoms with Crippen molar-refractivity contribution < 1.29 is 5.11 Å². The molecule has 0 fully saturated rings. The van der Waals surface area contributed by atoms with Crippen LogP contribution in [0.5, 0.6) is 5.75 Å². The fourth-order valence-electron chi connectivity index (χ4n) is 2.01. The molecular formula is C15H12N2OS. The van der Waals surface area contributed by atoms with Gasteiger partial charge in [-0.05, 0) is 46.8 Å². The summed E-state index contributed by atoms with van der Waals surface area (Å²) in [5, 5.41) is 17.9. The zero-order chi connectivity index (χ0) is 13.4.